The summed E-state index contributed by atoms with van der Waals surface area (Å²) in [7, 11) is 0. The molecule has 38 heavy (non-hydrogen) atoms. The van der Waals surface area contributed by atoms with Crippen LogP contribution in [0.15, 0.2) is 86.2 Å². The lowest BCUT2D eigenvalue weighted by atomic mass is 9.85. The van der Waals surface area contributed by atoms with Crippen molar-refractivity contribution in [3.8, 4) is 11.4 Å². The first-order chi connectivity index (χ1) is 18.6. The molecule has 0 amide bonds. The lowest BCUT2D eigenvalue weighted by Gasteiger charge is -2.20. The van der Waals surface area contributed by atoms with Crippen LogP contribution in [-0.2, 0) is 17.8 Å². The van der Waals surface area contributed by atoms with E-state index < -0.39 is 0 Å². The molecule has 1 aliphatic carbocycles. The van der Waals surface area contributed by atoms with Crippen molar-refractivity contribution in [1.29, 1.82) is 0 Å². The van der Waals surface area contributed by atoms with Gasteiger partial charge in [-0.2, -0.15) is 5.21 Å². The quantitative estimate of drug-likeness (QED) is 0.232. The van der Waals surface area contributed by atoms with Gasteiger partial charge in [0.05, 0.1) is 17.1 Å². The van der Waals surface area contributed by atoms with E-state index in [0.29, 0.717) is 12.4 Å². The Morgan fingerprint density at radius 1 is 1.16 bits per heavy atom. The average molecular weight is 512 g/mol. The first kappa shape index (κ1) is 30.2. The summed E-state index contributed by atoms with van der Waals surface area (Å²) in [6.07, 6.45) is 13.7. The molecule has 0 aliphatic heterocycles. The Balaban J connectivity index is 0.000000253. The molecule has 0 saturated carbocycles. The third-order valence-electron chi connectivity index (χ3n) is 6.31. The Labute approximate surface area is 228 Å². The molecule has 2 aromatic heterocycles. The van der Waals surface area contributed by atoms with E-state index in [9.17, 15) is 0 Å². The third kappa shape index (κ3) is 9.43. The van der Waals surface area contributed by atoms with Crippen molar-refractivity contribution in [1.82, 2.24) is 25.6 Å². The number of aromatic amines is 1. The third-order valence-corrected chi connectivity index (χ3v) is 6.31. The number of H-pyrrole nitrogens is 1. The van der Waals surface area contributed by atoms with Gasteiger partial charge in [0.1, 0.15) is 6.61 Å². The molecule has 4 rings (SSSR count). The van der Waals surface area contributed by atoms with Gasteiger partial charge in [0.2, 0.25) is 5.82 Å². The first-order valence-electron chi connectivity index (χ1n) is 13.1. The highest BCUT2D eigenvalue weighted by Crippen LogP contribution is 2.27. The molecule has 1 unspecified atom stereocenters. The smallest absolute Gasteiger partial charge is 0.204 e. The molecule has 0 bridgehead atoms. The van der Waals surface area contributed by atoms with Crippen LogP contribution >= 0.6 is 0 Å². The number of tetrazole rings is 1. The number of ether oxygens (including phenoxy) is 1. The zero-order chi connectivity index (χ0) is 27.8. The van der Waals surface area contributed by atoms with E-state index in [1.54, 1.807) is 12.2 Å². The van der Waals surface area contributed by atoms with Gasteiger partial charge in [-0.05, 0) is 86.1 Å². The lowest BCUT2D eigenvalue weighted by Crippen LogP contribution is -2.08. The summed E-state index contributed by atoms with van der Waals surface area (Å²) in [6.45, 7) is 20.3. The van der Waals surface area contributed by atoms with Crippen molar-refractivity contribution < 1.29 is 4.74 Å². The molecule has 0 radical (unpaired) electrons. The van der Waals surface area contributed by atoms with Crippen molar-refractivity contribution in [3.63, 3.8) is 0 Å². The number of hydrogen-bond acceptors (Lipinski definition) is 5. The zero-order valence-corrected chi connectivity index (χ0v) is 23.1. The molecule has 200 valence electrons. The van der Waals surface area contributed by atoms with E-state index in [-0.39, 0.29) is 0 Å². The fraction of sp³-hybridized carbons (Fsp3) is 0.312. The van der Waals surface area contributed by atoms with Gasteiger partial charge in [-0.15, -0.1) is 23.4 Å². The molecule has 3 aromatic rings. The van der Waals surface area contributed by atoms with Gasteiger partial charge in [-0.1, -0.05) is 62.1 Å². The van der Waals surface area contributed by atoms with Crippen LogP contribution in [0.25, 0.3) is 23.5 Å². The van der Waals surface area contributed by atoms with Gasteiger partial charge in [-0.3, -0.25) is 0 Å². The second kappa shape index (κ2) is 16.6. The number of pyridine rings is 1. The minimum absolute atomic E-state index is 0.492. The van der Waals surface area contributed by atoms with E-state index in [0.717, 1.165) is 47.0 Å². The summed E-state index contributed by atoms with van der Waals surface area (Å²) in [5.41, 5.74) is 6.68. The van der Waals surface area contributed by atoms with Gasteiger partial charge in [-0.25, -0.2) is 4.98 Å². The summed E-state index contributed by atoms with van der Waals surface area (Å²) in [5.74, 6) is 2.42. The molecule has 0 fully saturated rings. The molecule has 1 N–H and O–H groups in total. The Kier molecular flexibility index (Phi) is 13.2. The van der Waals surface area contributed by atoms with Gasteiger partial charge >= 0.3 is 0 Å². The number of benzene rings is 1. The van der Waals surface area contributed by atoms with Crippen molar-refractivity contribution in [2.24, 2.45) is 5.92 Å². The van der Waals surface area contributed by atoms with Crippen LogP contribution < -0.4 is 0 Å². The Morgan fingerprint density at radius 2 is 1.97 bits per heavy atom. The molecule has 1 atom stereocenters. The van der Waals surface area contributed by atoms with Gasteiger partial charge in [0, 0.05) is 12.0 Å². The summed E-state index contributed by atoms with van der Waals surface area (Å²) >= 11 is 0. The van der Waals surface area contributed by atoms with Crippen LogP contribution in [0.2, 0.25) is 0 Å². The first-order valence-corrected chi connectivity index (χ1v) is 13.1. The molecule has 2 heterocycles. The molecular weight excluding hydrogens is 470 g/mol. The van der Waals surface area contributed by atoms with Crippen molar-refractivity contribution in [2.45, 2.75) is 59.5 Å². The van der Waals surface area contributed by atoms with E-state index >= 15 is 0 Å². The van der Waals surface area contributed by atoms with Gasteiger partial charge < -0.3 is 4.74 Å². The highest BCUT2D eigenvalue weighted by molar-refractivity contribution is 5.60. The molecule has 1 aliphatic rings. The molecule has 6 nitrogen and oxygen atoms in total. The molecular formula is C32H41N5O. The Bertz CT molecular complexity index is 1210. The van der Waals surface area contributed by atoms with Crippen LogP contribution in [0, 0.1) is 5.92 Å². The van der Waals surface area contributed by atoms with E-state index in [2.05, 4.69) is 90.0 Å². The summed E-state index contributed by atoms with van der Waals surface area (Å²) < 4.78 is 5.64. The highest BCUT2D eigenvalue weighted by atomic mass is 16.5. The van der Waals surface area contributed by atoms with Crippen LogP contribution in [-0.4, -0.2) is 25.6 Å². The van der Waals surface area contributed by atoms with Gasteiger partial charge in [0.25, 0.3) is 0 Å². The maximum Gasteiger partial charge on any atom is 0.204 e. The predicted molar refractivity (Wildman–Crippen MR) is 159 cm³/mol. The molecule has 0 saturated heterocycles. The summed E-state index contributed by atoms with van der Waals surface area (Å²) in [4.78, 5) is 4.46. The normalized spacial score (nSPS) is 14.7. The molecule has 1 aromatic carbocycles. The number of nitrogens with one attached hydrogen (secondary N) is 1. The monoisotopic (exact) mass is 511 g/mol. The highest BCUT2D eigenvalue weighted by Gasteiger charge is 2.14. The van der Waals surface area contributed by atoms with E-state index in [4.69, 9.17) is 4.74 Å². The maximum atomic E-state index is 5.64. The van der Waals surface area contributed by atoms with Crippen molar-refractivity contribution >= 4 is 12.2 Å². The van der Waals surface area contributed by atoms with Crippen LogP contribution in [0.3, 0.4) is 0 Å². The zero-order valence-electron chi connectivity index (χ0n) is 23.1. The van der Waals surface area contributed by atoms with Crippen LogP contribution in [0.1, 0.15) is 69.0 Å². The standard InChI is InChI=1S/C15H18N4.C15H19NO.C2H4/c1-11-5-7-12(8-6-11)9-13-3-2-4-14(10-13)15-16-18-19-17-15;1-5-12-9-10-13(16-15(12)8-4)11-17-14(6-2)7-3;1-2/h2-5,10,12H,6-9H2,1H3,(H,16,17,18,19);5-6,8-10H,1,4,7,11H2,2-3H3;1-2H2/b;14-6+;. The summed E-state index contributed by atoms with van der Waals surface area (Å²) in [5, 5.41) is 14.2. The van der Waals surface area contributed by atoms with E-state index in [1.807, 2.05) is 31.2 Å². The van der Waals surface area contributed by atoms with E-state index in [1.165, 1.54) is 30.4 Å². The van der Waals surface area contributed by atoms with Crippen LogP contribution in [0.4, 0.5) is 0 Å². The minimum Gasteiger partial charge on any atom is -0.492 e. The second-order valence-corrected chi connectivity index (χ2v) is 8.91. The number of aromatic nitrogens is 5. The van der Waals surface area contributed by atoms with Crippen LogP contribution in [0.5, 0.6) is 0 Å². The number of nitrogens with zero attached hydrogens (tertiary/aromatic N) is 4. The van der Waals surface area contributed by atoms with Crippen molar-refractivity contribution in [3.05, 3.63) is 109 Å². The molecule has 6 heteroatoms. The Hall–Kier alpha value is -4.06. The minimum atomic E-state index is 0.492. The fourth-order valence-electron chi connectivity index (χ4n) is 4.16. The SMILES string of the molecule is C=C.C=Cc1ccc(CO/C(=C/C)CC)nc1C=C.CC1=CCC(Cc2cccc(-c3nn[nH]n3)c2)CC1. The maximum absolute atomic E-state index is 5.64. The topological polar surface area (TPSA) is 76.6 Å². The van der Waals surface area contributed by atoms with Gasteiger partial charge in [0.15, 0.2) is 0 Å². The largest absolute Gasteiger partial charge is 0.492 e. The predicted octanol–water partition coefficient (Wildman–Crippen LogP) is 8.16. The number of hydrogen-bond donors (Lipinski definition) is 1. The molecule has 0 spiro atoms. The van der Waals surface area contributed by atoms with Crippen molar-refractivity contribution in [2.75, 3.05) is 0 Å². The number of rotatable bonds is 9. The fourth-order valence-corrected chi connectivity index (χ4v) is 4.16. The second-order valence-electron chi connectivity index (χ2n) is 8.91. The number of allylic oxidation sites excluding steroid dienone is 4. The Morgan fingerprint density at radius 3 is 2.58 bits per heavy atom. The summed E-state index contributed by atoms with van der Waals surface area (Å²) in [6, 6.07) is 12.4. The average Bonchev–Trinajstić information content (AvgIpc) is 3.52. The lowest BCUT2D eigenvalue weighted by molar-refractivity contribution is 0.187.